The van der Waals surface area contributed by atoms with Crippen LogP contribution in [0.5, 0.6) is 0 Å². The maximum absolute atomic E-state index is 6.37. The molecular weight excluding hydrogens is 574 g/mol. The Morgan fingerprint density at radius 1 is 0.340 bits per heavy atom. The summed E-state index contributed by atoms with van der Waals surface area (Å²) in [7, 11) is 0. The third-order valence-electron chi connectivity index (χ3n) is 9.41. The van der Waals surface area contributed by atoms with Gasteiger partial charge in [-0.15, -0.1) is 0 Å². The van der Waals surface area contributed by atoms with E-state index in [2.05, 4.69) is 144 Å². The number of hydrogen-bond donors (Lipinski definition) is 0. The van der Waals surface area contributed by atoms with Crippen molar-refractivity contribution in [3.05, 3.63) is 164 Å². The van der Waals surface area contributed by atoms with Crippen LogP contribution in [0.4, 0.5) is 17.1 Å². The van der Waals surface area contributed by atoms with E-state index >= 15 is 0 Å². The minimum atomic E-state index is 0.869. The van der Waals surface area contributed by atoms with Gasteiger partial charge >= 0.3 is 0 Å². The third-order valence-corrected chi connectivity index (χ3v) is 9.41. The van der Waals surface area contributed by atoms with Gasteiger partial charge in [0, 0.05) is 27.5 Å². The van der Waals surface area contributed by atoms with Crippen molar-refractivity contribution in [1.82, 2.24) is 0 Å². The van der Waals surface area contributed by atoms with Crippen LogP contribution in [0.15, 0.2) is 173 Å². The Balaban J connectivity index is 1.26. The Hall–Kier alpha value is -6.32. The molecular formula is C44H27NO2. The summed E-state index contributed by atoms with van der Waals surface area (Å²) in [6, 6.07) is 58.0. The lowest BCUT2D eigenvalue weighted by atomic mass is 9.98. The molecule has 2 heterocycles. The number of benzene rings is 8. The summed E-state index contributed by atoms with van der Waals surface area (Å²) >= 11 is 0. The fourth-order valence-electron chi connectivity index (χ4n) is 7.22. The SMILES string of the molecule is c1ccc(-c2cccc(N(c3ccc4ccc5cc6oc7ccccc7c6cc5c4c3)c3cccc4oc5ccccc5c34)c2)cc1. The molecule has 2 aromatic heterocycles. The first-order chi connectivity index (χ1) is 23.3. The smallest absolute Gasteiger partial charge is 0.137 e. The van der Waals surface area contributed by atoms with Gasteiger partial charge in [0.15, 0.2) is 0 Å². The monoisotopic (exact) mass is 601 g/mol. The zero-order valence-electron chi connectivity index (χ0n) is 25.4. The summed E-state index contributed by atoms with van der Waals surface area (Å²) in [6.45, 7) is 0. The second-order valence-electron chi connectivity index (χ2n) is 12.1. The standard InChI is InChI=1S/C44H27NO2/c1-2-10-28(11-3-1)30-12-8-13-32(24-30)45(39-16-9-19-42-44(39)35-15-5-7-18-41(35)46-42)33-23-22-29-20-21-31-25-43-38(27-37(31)36(29)26-33)34-14-4-6-17-40(34)47-43/h1-27H. The number of fused-ring (bicyclic) bond motifs is 9. The minimum Gasteiger partial charge on any atom is -0.456 e. The van der Waals surface area contributed by atoms with Crippen LogP contribution in [-0.4, -0.2) is 0 Å². The van der Waals surface area contributed by atoms with Gasteiger partial charge in [-0.05, 0) is 93.3 Å². The molecule has 0 N–H and O–H groups in total. The van der Waals surface area contributed by atoms with E-state index in [1.54, 1.807) is 0 Å². The van der Waals surface area contributed by atoms with Crippen molar-refractivity contribution in [2.24, 2.45) is 0 Å². The summed E-state index contributed by atoms with van der Waals surface area (Å²) < 4.78 is 12.6. The third kappa shape index (κ3) is 4.07. The number of anilines is 3. The average molecular weight is 602 g/mol. The molecule has 0 aliphatic heterocycles. The minimum absolute atomic E-state index is 0.869. The van der Waals surface area contributed by atoms with Crippen molar-refractivity contribution in [3.8, 4) is 11.1 Å². The number of rotatable bonds is 4. The fourth-order valence-corrected chi connectivity index (χ4v) is 7.22. The highest BCUT2D eigenvalue weighted by molar-refractivity contribution is 6.18. The van der Waals surface area contributed by atoms with E-state index in [1.165, 1.54) is 21.7 Å². The molecule has 8 aromatic carbocycles. The summed E-state index contributed by atoms with van der Waals surface area (Å²) in [5.74, 6) is 0. The van der Waals surface area contributed by atoms with Crippen LogP contribution in [0, 0.1) is 0 Å². The van der Waals surface area contributed by atoms with E-state index in [9.17, 15) is 0 Å². The molecule has 3 nitrogen and oxygen atoms in total. The lowest BCUT2D eigenvalue weighted by Gasteiger charge is -2.27. The molecule has 0 bridgehead atoms. The molecule has 0 amide bonds. The lowest BCUT2D eigenvalue weighted by molar-refractivity contribution is 0.669. The molecule has 47 heavy (non-hydrogen) atoms. The molecule has 0 saturated carbocycles. The molecule has 0 unspecified atom stereocenters. The topological polar surface area (TPSA) is 29.5 Å². The highest BCUT2D eigenvalue weighted by Gasteiger charge is 2.20. The van der Waals surface area contributed by atoms with Gasteiger partial charge in [0.2, 0.25) is 0 Å². The first-order valence-corrected chi connectivity index (χ1v) is 15.9. The lowest BCUT2D eigenvalue weighted by Crippen LogP contribution is -2.10. The second kappa shape index (κ2) is 10.1. The van der Waals surface area contributed by atoms with Crippen molar-refractivity contribution in [1.29, 1.82) is 0 Å². The molecule has 0 radical (unpaired) electrons. The van der Waals surface area contributed by atoms with Crippen LogP contribution in [0.25, 0.3) is 76.5 Å². The average Bonchev–Trinajstić information content (AvgIpc) is 3.70. The Morgan fingerprint density at radius 2 is 0.979 bits per heavy atom. The van der Waals surface area contributed by atoms with Gasteiger partial charge in [0.25, 0.3) is 0 Å². The summed E-state index contributed by atoms with van der Waals surface area (Å²) in [4.78, 5) is 2.38. The Labute approximate surface area is 270 Å². The number of furan rings is 2. The van der Waals surface area contributed by atoms with E-state index in [-0.39, 0.29) is 0 Å². The Bertz CT molecular complexity index is 2810. The van der Waals surface area contributed by atoms with E-state index in [0.717, 1.165) is 71.9 Å². The van der Waals surface area contributed by atoms with Gasteiger partial charge in [0.05, 0.1) is 11.1 Å². The van der Waals surface area contributed by atoms with Crippen LogP contribution in [0.2, 0.25) is 0 Å². The van der Waals surface area contributed by atoms with Crippen LogP contribution < -0.4 is 4.90 Å². The van der Waals surface area contributed by atoms with Crippen molar-refractivity contribution in [3.63, 3.8) is 0 Å². The molecule has 0 fully saturated rings. The molecule has 0 saturated heterocycles. The number of hydrogen-bond acceptors (Lipinski definition) is 3. The fraction of sp³-hybridized carbons (Fsp3) is 0. The molecule has 0 aliphatic carbocycles. The zero-order chi connectivity index (χ0) is 30.9. The van der Waals surface area contributed by atoms with Crippen molar-refractivity contribution < 1.29 is 8.83 Å². The van der Waals surface area contributed by atoms with Gasteiger partial charge in [-0.1, -0.05) is 103 Å². The zero-order valence-corrected chi connectivity index (χ0v) is 25.4. The maximum Gasteiger partial charge on any atom is 0.137 e. The first kappa shape index (κ1) is 26.0. The second-order valence-corrected chi connectivity index (χ2v) is 12.1. The number of nitrogens with zero attached hydrogens (tertiary/aromatic N) is 1. The van der Waals surface area contributed by atoms with Gasteiger partial charge in [-0.3, -0.25) is 0 Å². The van der Waals surface area contributed by atoms with Gasteiger partial charge < -0.3 is 13.7 Å². The van der Waals surface area contributed by atoms with Gasteiger partial charge in [-0.2, -0.15) is 0 Å². The largest absolute Gasteiger partial charge is 0.456 e. The van der Waals surface area contributed by atoms with Crippen LogP contribution in [-0.2, 0) is 0 Å². The molecule has 0 aliphatic rings. The molecule has 3 heteroatoms. The summed E-state index contributed by atoms with van der Waals surface area (Å²) in [5, 5.41) is 9.21. The Kier molecular flexibility index (Phi) is 5.57. The first-order valence-electron chi connectivity index (χ1n) is 15.9. The van der Waals surface area contributed by atoms with E-state index in [0.29, 0.717) is 0 Å². The molecule has 0 atom stereocenters. The van der Waals surface area contributed by atoms with Crippen molar-refractivity contribution >= 4 is 82.5 Å². The molecule has 0 spiro atoms. The Morgan fingerprint density at radius 3 is 1.87 bits per heavy atom. The summed E-state index contributed by atoms with van der Waals surface area (Å²) in [5.41, 5.74) is 9.14. The van der Waals surface area contributed by atoms with Crippen LogP contribution >= 0.6 is 0 Å². The quantitative estimate of drug-likeness (QED) is 0.188. The summed E-state index contributed by atoms with van der Waals surface area (Å²) in [6.07, 6.45) is 0. The van der Waals surface area contributed by atoms with E-state index in [4.69, 9.17) is 8.83 Å². The molecule has 220 valence electrons. The number of para-hydroxylation sites is 2. The van der Waals surface area contributed by atoms with E-state index < -0.39 is 0 Å². The molecule has 10 rings (SSSR count). The highest BCUT2D eigenvalue weighted by Crippen LogP contribution is 2.45. The van der Waals surface area contributed by atoms with E-state index in [1.807, 2.05) is 24.3 Å². The van der Waals surface area contributed by atoms with Crippen LogP contribution in [0.1, 0.15) is 0 Å². The van der Waals surface area contributed by atoms with Crippen LogP contribution in [0.3, 0.4) is 0 Å². The normalized spacial score (nSPS) is 11.8. The maximum atomic E-state index is 6.37. The van der Waals surface area contributed by atoms with Gasteiger partial charge in [-0.25, -0.2) is 0 Å². The van der Waals surface area contributed by atoms with Crippen molar-refractivity contribution in [2.45, 2.75) is 0 Å². The predicted octanol–water partition coefficient (Wildman–Crippen LogP) is 12.9. The highest BCUT2D eigenvalue weighted by atomic mass is 16.3. The van der Waals surface area contributed by atoms with Gasteiger partial charge in [0.1, 0.15) is 22.3 Å². The molecule has 10 aromatic rings. The predicted molar refractivity (Wildman–Crippen MR) is 196 cm³/mol. The van der Waals surface area contributed by atoms with Crippen molar-refractivity contribution in [2.75, 3.05) is 4.90 Å².